The van der Waals surface area contributed by atoms with E-state index in [0.717, 1.165) is 11.5 Å². The van der Waals surface area contributed by atoms with Gasteiger partial charge in [0.1, 0.15) is 11.5 Å². The van der Waals surface area contributed by atoms with E-state index in [2.05, 4.69) is 20.4 Å². The highest BCUT2D eigenvalue weighted by atomic mass is 16.5. The van der Waals surface area contributed by atoms with Crippen LogP contribution in [0.25, 0.3) is 5.78 Å². The molecule has 1 fully saturated rings. The van der Waals surface area contributed by atoms with E-state index in [0.29, 0.717) is 36.8 Å². The quantitative estimate of drug-likeness (QED) is 0.769. The first-order valence-corrected chi connectivity index (χ1v) is 8.22. The van der Waals surface area contributed by atoms with Gasteiger partial charge in [-0.2, -0.15) is 0 Å². The minimum Gasteiger partial charge on any atom is -0.379 e. The van der Waals surface area contributed by atoms with E-state index in [1.807, 2.05) is 19.9 Å². The average Bonchev–Trinajstić information content (AvgIpc) is 3.27. The van der Waals surface area contributed by atoms with Gasteiger partial charge in [-0.15, -0.1) is 0 Å². The predicted octanol–water partition coefficient (Wildman–Crippen LogP) is 1.32. The van der Waals surface area contributed by atoms with E-state index in [-0.39, 0.29) is 17.9 Å². The number of hydrogen-bond donors (Lipinski definition) is 1. The monoisotopic (exact) mass is 341 g/mol. The summed E-state index contributed by atoms with van der Waals surface area (Å²) >= 11 is 0. The van der Waals surface area contributed by atoms with E-state index in [9.17, 15) is 4.79 Å². The molecule has 4 heterocycles. The van der Waals surface area contributed by atoms with Gasteiger partial charge < -0.3 is 14.6 Å². The van der Waals surface area contributed by atoms with Crippen LogP contribution in [0.1, 0.15) is 27.6 Å². The van der Waals surface area contributed by atoms with Gasteiger partial charge in [0.15, 0.2) is 0 Å². The van der Waals surface area contributed by atoms with Crippen LogP contribution in [0.5, 0.6) is 0 Å². The molecule has 1 amide bonds. The Labute approximate surface area is 144 Å². The van der Waals surface area contributed by atoms with Crippen LogP contribution in [0.2, 0.25) is 0 Å². The molecule has 0 saturated carbocycles. The van der Waals surface area contributed by atoms with Crippen molar-refractivity contribution in [1.29, 1.82) is 0 Å². The van der Waals surface area contributed by atoms with Gasteiger partial charge in [0.2, 0.25) is 5.78 Å². The summed E-state index contributed by atoms with van der Waals surface area (Å²) in [4.78, 5) is 21.3. The number of fused-ring (bicyclic) bond motifs is 1. The third kappa shape index (κ3) is 3.00. The minimum absolute atomic E-state index is 0.0838. The third-order valence-corrected chi connectivity index (χ3v) is 4.45. The van der Waals surface area contributed by atoms with Gasteiger partial charge in [-0.25, -0.2) is 9.97 Å². The van der Waals surface area contributed by atoms with Crippen molar-refractivity contribution in [1.82, 2.24) is 24.8 Å². The first kappa shape index (κ1) is 15.8. The van der Waals surface area contributed by atoms with E-state index >= 15 is 0 Å². The molecular weight excluding hydrogens is 322 g/mol. The Morgan fingerprint density at radius 2 is 2.28 bits per heavy atom. The maximum absolute atomic E-state index is 12.8. The van der Waals surface area contributed by atoms with E-state index < -0.39 is 0 Å². The first-order valence-electron chi connectivity index (χ1n) is 8.22. The molecule has 0 spiro atoms. The van der Waals surface area contributed by atoms with Gasteiger partial charge in [0.05, 0.1) is 30.6 Å². The van der Waals surface area contributed by atoms with Crippen LogP contribution in [-0.4, -0.2) is 44.7 Å². The third-order valence-electron chi connectivity index (χ3n) is 4.45. The molecule has 3 aromatic heterocycles. The fourth-order valence-corrected chi connectivity index (χ4v) is 3.24. The topological polar surface area (TPSA) is 94.5 Å². The smallest absolute Gasteiger partial charge is 0.270 e. The van der Waals surface area contributed by atoms with Crippen molar-refractivity contribution < 1.29 is 14.1 Å². The Hall–Kier alpha value is -2.74. The summed E-state index contributed by atoms with van der Waals surface area (Å²) in [6.45, 7) is 4.76. The second-order valence-electron chi connectivity index (χ2n) is 6.35. The second kappa shape index (κ2) is 6.29. The Kier molecular flexibility index (Phi) is 3.96. The van der Waals surface area contributed by atoms with Crippen LogP contribution < -0.4 is 5.32 Å². The maximum atomic E-state index is 12.8. The average molecular weight is 341 g/mol. The number of aromatic nitrogens is 4. The number of imidazole rings is 1. The van der Waals surface area contributed by atoms with Gasteiger partial charge in [-0.3, -0.25) is 9.20 Å². The lowest BCUT2D eigenvalue weighted by Crippen LogP contribution is -2.41. The van der Waals surface area contributed by atoms with Gasteiger partial charge in [0, 0.05) is 30.8 Å². The summed E-state index contributed by atoms with van der Waals surface area (Å²) < 4.78 is 12.6. The SMILES string of the molecule is Cc1cc(C[C@H]2COC[C@H]2NC(=O)c2c(C)nc3ncccn23)on1. The van der Waals surface area contributed by atoms with Crippen LogP contribution in [-0.2, 0) is 11.2 Å². The van der Waals surface area contributed by atoms with Crippen LogP contribution >= 0.6 is 0 Å². The summed E-state index contributed by atoms with van der Waals surface area (Å²) in [6, 6.07) is 3.61. The molecular formula is C17H19N5O3. The number of rotatable bonds is 4. The van der Waals surface area contributed by atoms with Crippen molar-refractivity contribution in [3.63, 3.8) is 0 Å². The van der Waals surface area contributed by atoms with Crippen molar-refractivity contribution in [3.8, 4) is 0 Å². The molecule has 0 aromatic carbocycles. The fourth-order valence-electron chi connectivity index (χ4n) is 3.24. The van der Waals surface area contributed by atoms with E-state index in [4.69, 9.17) is 9.26 Å². The number of aryl methyl sites for hydroxylation is 2. The lowest BCUT2D eigenvalue weighted by atomic mass is 9.98. The van der Waals surface area contributed by atoms with Crippen molar-refractivity contribution in [2.24, 2.45) is 5.92 Å². The zero-order valence-corrected chi connectivity index (χ0v) is 14.1. The standard InChI is InChI=1S/C17H19N5O3/c1-10-6-13(25-21-10)7-12-8-24-9-14(12)20-16(23)15-11(2)19-17-18-4-3-5-22(15)17/h3-6,12,14H,7-9H2,1-2H3,(H,20,23)/t12-,14+/m0/s1. The number of amides is 1. The zero-order valence-electron chi connectivity index (χ0n) is 14.1. The van der Waals surface area contributed by atoms with Crippen molar-refractivity contribution >= 4 is 11.7 Å². The highest BCUT2D eigenvalue weighted by Crippen LogP contribution is 2.20. The molecule has 8 nitrogen and oxygen atoms in total. The van der Waals surface area contributed by atoms with Gasteiger partial charge in [0.25, 0.3) is 5.91 Å². The second-order valence-corrected chi connectivity index (χ2v) is 6.35. The molecule has 1 N–H and O–H groups in total. The number of hydrogen-bond acceptors (Lipinski definition) is 6. The van der Waals surface area contributed by atoms with Crippen LogP contribution in [0.4, 0.5) is 0 Å². The van der Waals surface area contributed by atoms with Crippen LogP contribution in [0, 0.1) is 19.8 Å². The Morgan fingerprint density at radius 3 is 3.08 bits per heavy atom. The molecule has 3 aromatic rings. The Bertz CT molecular complexity index is 916. The van der Waals surface area contributed by atoms with Crippen molar-refractivity contribution in [2.45, 2.75) is 26.3 Å². The zero-order chi connectivity index (χ0) is 17.4. The lowest BCUT2D eigenvalue weighted by Gasteiger charge is -2.18. The molecule has 25 heavy (non-hydrogen) atoms. The fraction of sp³-hybridized carbons (Fsp3) is 0.412. The Balaban J connectivity index is 1.52. The molecule has 1 saturated heterocycles. The number of nitrogens with zero attached hydrogens (tertiary/aromatic N) is 4. The molecule has 130 valence electrons. The van der Waals surface area contributed by atoms with Crippen LogP contribution in [0.3, 0.4) is 0 Å². The normalized spacial score (nSPS) is 20.2. The number of ether oxygens (including phenoxy) is 1. The molecule has 0 radical (unpaired) electrons. The number of nitrogens with one attached hydrogen (secondary N) is 1. The molecule has 1 aliphatic rings. The molecule has 1 aliphatic heterocycles. The maximum Gasteiger partial charge on any atom is 0.270 e. The Morgan fingerprint density at radius 1 is 1.40 bits per heavy atom. The highest BCUT2D eigenvalue weighted by Gasteiger charge is 2.32. The van der Waals surface area contributed by atoms with E-state index in [1.165, 1.54) is 0 Å². The molecule has 0 bridgehead atoms. The molecule has 2 atom stereocenters. The first-order chi connectivity index (χ1) is 12.1. The lowest BCUT2D eigenvalue weighted by molar-refractivity contribution is 0.0918. The summed E-state index contributed by atoms with van der Waals surface area (Å²) in [5.41, 5.74) is 2.00. The molecule has 0 aliphatic carbocycles. The van der Waals surface area contributed by atoms with Gasteiger partial charge >= 0.3 is 0 Å². The summed E-state index contributed by atoms with van der Waals surface area (Å²) in [5, 5.41) is 6.99. The summed E-state index contributed by atoms with van der Waals surface area (Å²) in [6.07, 6.45) is 4.13. The van der Waals surface area contributed by atoms with Crippen molar-refractivity contribution in [3.05, 3.63) is 47.4 Å². The largest absolute Gasteiger partial charge is 0.379 e. The predicted molar refractivity (Wildman–Crippen MR) is 88.2 cm³/mol. The summed E-state index contributed by atoms with van der Waals surface area (Å²) in [7, 11) is 0. The molecule has 4 rings (SSSR count). The highest BCUT2D eigenvalue weighted by molar-refractivity contribution is 5.94. The van der Waals surface area contributed by atoms with E-state index in [1.54, 1.807) is 22.9 Å². The number of carbonyl (C=O) groups excluding carboxylic acids is 1. The summed E-state index contributed by atoms with van der Waals surface area (Å²) in [5.74, 6) is 1.30. The molecule has 8 heteroatoms. The molecule has 0 unspecified atom stereocenters. The van der Waals surface area contributed by atoms with Crippen molar-refractivity contribution in [2.75, 3.05) is 13.2 Å². The minimum atomic E-state index is -0.174. The van der Waals surface area contributed by atoms with Gasteiger partial charge in [-0.1, -0.05) is 5.16 Å². The number of carbonyl (C=O) groups is 1. The van der Waals surface area contributed by atoms with Gasteiger partial charge in [-0.05, 0) is 19.9 Å². The van der Waals surface area contributed by atoms with Crippen LogP contribution in [0.15, 0.2) is 29.0 Å².